The molecule has 162 valence electrons. The largest absolute Gasteiger partial charge is 0.506 e. The van der Waals surface area contributed by atoms with Crippen LogP contribution in [0.5, 0.6) is 5.75 Å². The molecule has 0 unspecified atom stereocenters. The molecule has 0 radical (unpaired) electrons. The summed E-state index contributed by atoms with van der Waals surface area (Å²) in [6.45, 7) is 2.65. The number of fused-ring (bicyclic) bond motifs is 1. The number of halogens is 1. The van der Waals surface area contributed by atoms with Crippen LogP contribution in [0, 0.1) is 0 Å². The first-order chi connectivity index (χ1) is 15.0. The number of amides is 1. The number of nitrogens with zero attached hydrogens (tertiary/aromatic N) is 2. The van der Waals surface area contributed by atoms with Crippen molar-refractivity contribution in [3.63, 3.8) is 0 Å². The first-order valence-corrected chi connectivity index (χ1v) is 11.3. The van der Waals surface area contributed by atoms with Crippen molar-refractivity contribution in [2.75, 3.05) is 0 Å². The van der Waals surface area contributed by atoms with E-state index in [1.165, 1.54) is 6.21 Å². The second-order valence-corrected chi connectivity index (χ2v) is 8.28. The summed E-state index contributed by atoms with van der Waals surface area (Å²) in [6, 6.07) is 14.5. The van der Waals surface area contributed by atoms with Crippen molar-refractivity contribution in [1.29, 1.82) is 0 Å². The summed E-state index contributed by atoms with van der Waals surface area (Å²) in [7, 11) is 0. The topological polar surface area (TPSA) is 83.7 Å². The standard InChI is InChI=1S/C24H26BrN3O3/c1-2-3-4-5-8-14-28-20-13-7-6-12-19(20)22(29)21(24(28)31)23(30)27-26-16-17-10-9-11-18(25)15-17/h6-7,9-13,15-16,29H,2-5,8,14H2,1H3,(H,27,30). The second-order valence-electron chi connectivity index (χ2n) is 7.37. The number of rotatable bonds is 9. The van der Waals surface area contributed by atoms with Crippen LogP contribution in [-0.4, -0.2) is 21.8 Å². The van der Waals surface area contributed by atoms with Crippen molar-refractivity contribution in [2.45, 2.75) is 45.6 Å². The lowest BCUT2D eigenvalue weighted by molar-refractivity contribution is 0.0950. The highest BCUT2D eigenvalue weighted by Gasteiger charge is 2.21. The fourth-order valence-corrected chi connectivity index (χ4v) is 3.91. The zero-order valence-electron chi connectivity index (χ0n) is 17.5. The summed E-state index contributed by atoms with van der Waals surface area (Å²) in [6.07, 6.45) is 6.73. The summed E-state index contributed by atoms with van der Waals surface area (Å²) in [4.78, 5) is 25.9. The van der Waals surface area contributed by atoms with E-state index in [-0.39, 0.29) is 11.3 Å². The van der Waals surface area contributed by atoms with Crippen molar-refractivity contribution in [3.8, 4) is 5.75 Å². The number of hydrogen-bond donors (Lipinski definition) is 2. The van der Waals surface area contributed by atoms with Gasteiger partial charge in [-0.05, 0) is 36.2 Å². The Morgan fingerprint density at radius 3 is 2.68 bits per heavy atom. The van der Waals surface area contributed by atoms with Crippen LogP contribution in [0.1, 0.15) is 54.9 Å². The van der Waals surface area contributed by atoms with Crippen LogP contribution in [0.3, 0.4) is 0 Å². The lowest BCUT2D eigenvalue weighted by Crippen LogP contribution is -2.31. The average Bonchev–Trinajstić information content (AvgIpc) is 2.76. The van der Waals surface area contributed by atoms with Crippen LogP contribution >= 0.6 is 15.9 Å². The van der Waals surface area contributed by atoms with Gasteiger partial charge in [-0.2, -0.15) is 5.10 Å². The lowest BCUT2D eigenvalue weighted by Gasteiger charge is -2.14. The molecule has 1 amide bonds. The number of nitrogens with one attached hydrogen (secondary N) is 1. The minimum absolute atomic E-state index is 0.293. The number of aryl methyl sites for hydroxylation is 1. The number of unbranched alkanes of at least 4 members (excludes halogenated alkanes) is 4. The molecule has 0 saturated heterocycles. The normalized spacial score (nSPS) is 11.3. The maximum Gasteiger partial charge on any atom is 0.280 e. The molecule has 3 aromatic rings. The Kier molecular flexibility index (Phi) is 8.00. The van der Waals surface area contributed by atoms with Gasteiger partial charge in [0.15, 0.2) is 0 Å². The molecule has 0 atom stereocenters. The molecule has 2 aromatic carbocycles. The van der Waals surface area contributed by atoms with Crippen molar-refractivity contribution in [3.05, 3.63) is 74.5 Å². The summed E-state index contributed by atoms with van der Waals surface area (Å²) < 4.78 is 2.46. The van der Waals surface area contributed by atoms with Crippen molar-refractivity contribution in [2.24, 2.45) is 5.10 Å². The van der Waals surface area contributed by atoms with Gasteiger partial charge in [-0.15, -0.1) is 0 Å². The number of aromatic hydroxyl groups is 1. The number of pyridine rings is 1. The van der Waals surface area contributed by atoms with Crippen LogP contribution in [0.25, 0.3) is 10.9 Å². The molecule has 1 aromatic heterocycles. The Morgan fingerprint density at radius 2 is 1.90 bits per heavy atom. The van der Waals surface area contributed by atoms with Crippen LogP contribution in [-0.2, 0) is 6.54 Å². The molecule has 0 bridgehead atoms. The molecule has 1 heterocycles. The SMILES string of the molecule is CCCCCCCn1c(=O)c(C(=O)NN=Cc2cccc(Br)c2)c(O)c2ccccc21. The van der Waals surface area contributed by atoms with E-state index >= 15 is 0 Å². The second kappa shape index (κ2) is 10.9. The van der Waals surface area contributed by atoms with Gasteiger partial charge in [0, 0.05) is 16.4 Å². The predicted molar refractivity (Wildman–Crippen MR) is 128 cm³/mol. The van der Waals surface area contributed by atoms with Gasteiger partial charge in [-0.25, -0.2) is 5.43 Å². The number of para-hydroxylation sites is 1. The fourth-order valence-electron chi connectivity index (χ4n) is 3.50. The number of carbonyl (C=O) groups is 1. The van der Waals surface area contributed by atoms with Gasteiger partial charge >= 0.3 is 0 Å². The van der Waals surface area contributed by atoms with Gasteiger partial charge in [-0.1, -0.05) is 72.8 Å². The van der Waals surface area contributed by atoms with Gasteiger partial charge in [-0.3, -0.25) is 9.59 Å². The Bertz CT molecular complexity index is 1150. The highest BCUT2D eigenvalue weighted by molar-refractivity contribution is 9.10. The molecule has 0 aliphatic carbocycles. The summed E-state index contributed by atoms with van der Waals surface area (Å²) in [5, 5.41) is 15.1. The van der Waals surface area contributed by atoms with Crippen LogP contribution in [0.4, 0.5) is 0 Å². The van der Waals surface area contributed by atoms with E-state index in [1.54, 1.807) is 22.8 Å². The number of hydrazone groups is 1. The molecular weight excluding hydrogens is 458 g/mol. The molecule has 2 N–H and O–H groups in total. The molecule has 0 aliphatic rings. The van der Waals surface area contributed by atoms with Gasteiger partial charge in [0.1, 0.15) is 11.3 Å². The highest BCUT2D eigenvalue weighted by atomic mass is 79.9. The molecule has 3 rings (SSSR count). The van der Waals surface area contributed by atoms with Crippen molar-refractivity contribution in [1.82, 2.24) is 9.99 Å². The minimum Gasteiger partial charge on any atom is -0.506 e. The first-order valence-electron chi connectivity index (χ1n) is 10.5. The molecule has 31 heavy (non-hydrogen) atoms. The summed E-state index contributed by atoms with van der Waals surface area (Å²) in [5.74, 6) is -1.06. The minimum atomic E-state index is -0.737. The van der Waals surface area contributed by atoms with Crippen LogP contribution in [0.15, 0.2) is 62.9 Å². The maximum absolute atomic E-state index is 13.1. The predicted octanol–water partition coefficient (Wildman–Crippen LogP) is 5.20. The third kappa shape index (κ3) is 5.61. The van der Waals surface area contributed by atoms with E-state index in [2.05, 4.69) is 33.4 Å². The zero-order chi connectivity index (χ0) is 22.2. The molecule has 0 fully saturated rings. The highest BCUT2D eigenvalue weighted by Crippen LogP contribution is 2.26. The van der Waals surface area contributed by atoms with E-state index in [1.807, 2.05) is 30.3 Å². The fraction of sp³-hybridized carbons (Fsp3) is 0.292. The third-order valence-electron chi connectivity index (χ3n) is 5.09. The molecule has 6 nitrogen and oxygen atoms in total. The Morgan fingerprint density at radius 1 is 1.13 bits per heavy atom. The van der Waals surface area contributed by atoms with Crippen molar-refractivity contribution < 1.29 is 9.90 Å². The van der Waals surface area contributed by atoms with Crippen LogP contribution in [0.2, 0.25) is 0 Å². The van der Waals surface area contributed by atoms with E-state index < -0.39 is 11.5 Å². The number of aromatic nitrogens is 1. The smallest absolute Gasteiger partial charge is 0.280 e. The van der Waals surface area contributed by atoms with E-state index in [9.17, 15) is 14.7 Å². The number of hydrogen-bond acceptors (Lipinski definition) is 4. The Balaban J connectivity index is 1.88. The average molecular weight is 484 g/mol. The van der Waals surface area contributed by atoms with Gasteiger partial charge in [0.25, 0.3) is 11.5 Å². The maximum atomic E-state index is 13.1. The molecular formula is C24H26BrN3O3. The van der Waals surface area contributed by atoms with Crippen LogP contribution < -0.4 is 11.0 Å². The number of benzene rings is 2. The van der Waals surface area contributed by atoms with E-state index in [0.29, 0.717) is 17.4 Å². The van der Waals surface area contributed by atoms with Crippen molar-refractivity contribution >= 4 is 39.0 Å². The Hall–Kier alpha value is -2.93. The van der Waals surface area contributed by atoms with Gasteiger partial charge in [0.05, 0.1) is 11.7 Å². The van der Waals surface area contributed by atoms with E-state index in [4.69, 9.17) is 0 Å². The van der Waals surface area contributed by atoms with Gasteiger partial charge in [0.2, 0.25) is 0 Å². The lowest BCUT2D eigenvalue weighted by atomic mass is 10.1. The van der Waals surface area contributed by atoms with Gasteiger partial charge < -0.3 is 9.67 Å². The monoisotopic (exact) mass is 483 g/mol. The van der Waals surface area contributed by atoms with E-state index in [0.717, 1.165) is 42.1 Å². The third-order valence-corrected chi connectivity index (χ3v) is 5.58. The molecule has 0 spiro atoms. The molecule has 0 aliphatic heterocycles. The molecule has 0 saturated carbocycles. The zero-order valence-corrected chi connectivity index (χ0v) is 19.1. The Labute approximate surface area is 189 Å². The molecule has 7 heteroatoms. The first kappa shape index (κ1) is 22.7. The summed E-state index contributed by atoms with van der Waals surface area (Å²) >= 11 is 3.38. The number of carbonyl (C=O) groups excluding carboxylic acids is 1. The quantitative estimate of drug-likeness (QED) is 0.249. The summed E-state index contributed by atoms with van der Waals surface area (Å²) in [5.41, 5.74) is 2.96.